The van der Waals surface area contributed by atoms with E-state index < -0.39 is 36.9 Å². The lowest BCUT2D eigenvalue weighted by atomic mass is 10.3. The second kappa shape index (κ2) is 7.87. The molecule has 0 atom stereocenters. The van der Waals surface area contributed by atoms with E-state index in [-0.39, 0.29) is 19.4 Å². The highest BCUT2D eigenvalue weighted by Gasteiger charge is 2.17. The molecule has 0 aromatic rings. The topological polar surface area (TPSA) is 156 Å². The van der Waals surface area contributed by atoms with Gasteiger partial charge in [0.15, 0.2) is 0 Å². The maximum atomic E-state index is 11.5. The summed E-state index contributed by atoms with van der Waals surface area (Å²) in [7, 11) is 0. The Morgan fingerprint density at radius 1 is 1.06 bits per heavy atom. The SMILES string of the molecule is NC(=O)CN(CC(N)=O)C(=O)NCCCC(=O)O. The van der Waals surface area contributed by atoms with Gasteiger partial charge < -0.3 is 26.8 Å². The van der Waals surface area contributed by atoms with Crippen molar-refractivity contribution in [3.63, 3.8) is 0 Å². The first-order valence-corrected chi connectivity index (χ1v) is 5.14. The van der Waals surface area contributed by atoms with Crippen LogP contribution in [0.3, 0.4) is 0 Å². The smallest absolute Gasteiger partial charge is 0.318 e. The molecule has 0 radical (unpaired) electrons. The maximum absolute atomic E-state index is 11.5. The van der Waals surface area contributed by atoms with E-state index in [2.05, 4.69) is 5.32 Å². The minimum Gasteiger partial charge on any atom is -0.481 e. The second-order valence-corrected chi connectivity index (χ2v) is 3.52. The molecule has 9 heteroatoms. The van der Waals surface area contributed by atoms with E-state index in [1.54, 1.807) is 0 Å². The van der Waals surface area contributed by atoms with Crippen LogP contribution in [-0.2, 0) is 14.4 Å². The van der Waals surface area contributed by atoms with Crippen molar-refractivity contribution in [3.8, 4) is 0 Å². The molecule has 0 bridgehead atoms. The Morgan fingerprint density at radius 2 is 1.56 bits per heavy atom. The summed E-state index contributed by atoms with van der Waals surface area (Å²) in [5, 5.41) is 10.7. The number of nitrogens with zero attached hydrogens (tertiary/aromatic N) is 1. The lowest BCUT2D eigenvalue weighted by Gasteiger charge is -2.19. The van der Waals surface area contributed by atoms with Gasteiger partial charge in [0.05, 0.1) is 0 Å². The van der Waals surface area contributed by atoms with Gasteiger partial charge in [0.1, 0.15) is 13.1 Å². The number of hydrogen-bond acceptors (Lipinski definition) is 4. The van der Waals surface area contributed by atoms with E-state index in [4.69, 9.17) is 16.6 Å². The Bertz CT molecular complexity index is 328. The number of nitrogens with two attached hydrogens (primary N) is 2. The number of carbonyl (C=O) groups is 4. The van der Waals surface area contributed by atoms with Crippen LogP contribution in [0, 0.1) is 0 Å². The third-order valence-corrected chi connectivity index (χ3v) is 1.82. The molecule has 0 saturated heterocycles. The predicted octanol–water partition coefficient (Wildman–Crippen LogP) is -2.17. The Kier molecular flexibility index (Phi) is 6.86. The Morgan fingerprint density at radius 3 is 1.94 bits per heavy atom. The van der Waals surface area contributed by atoms with Crippen LogP contribution in [0.15, 0.2) is 0 Å². The molecule has 0 aromatic carbocycles. The second-order valence-electron chi connectivity index (χ2n) is 3.52. The van der Waals surface area contributed by atoms with E-state index >= 15 is 0 Å². The molecule has 4 amide bonds. The summed E-state index contributed by atoms with van der Waals surface area (Å²) in [6.45, 7) is -0.763. The zero-order valence-electron chi connectivity index (χ0n) is 9.72. The molecule has 0 aliphatic carbocycles. The summed E-state index contributed by atoms with van der Waals surface area (Å²) in [5.41, 5.74) is 9.82. The van der Waals surface area contributed by atoms with Crippen LogP contribution in [0.5, 0.6) is 0 Å². The highest BCUT2D eigenvalue weighted by atomic mass is 16.4. The highest BCUT2D eigenvalue weighted by molar-refractivity contribution is 5.87. The summed E-state index contributed by atoms with van der Waals surface area (Å²) >= 11 is 0. The minimum atomic E-state index is -0.977. The molecule has 0 aliphatic heterocycles. The number of aliphatic carboxylic acids is 1. The standard InChI is InChI=1S/C9H16N4O5/c10-6(14)4-13(5-7(11)15)9(18)12-3-1-2-8(16)17/h1-5H2,(H2,10,14)(H2,11,15)(H,12,18)(H,16,17). The number of rotatable bonds is 8. The summed E-state index contributed by atoms with van der Waals surface area (Å²) in [6, 6.07) is -0.696. The van der Waals surface area contributed by atoms with Crippen LogP contribution in [0.25, 0.3) is 0 Å². The normalized spacial score (nSPS) is 9.56. The van der Waals surface area contributed by atoms with E-state index in [9.17, 15) is 19.2 Å². The van der Waals surface area contributed by atoms with Crippen molar-refractivity contribution < 1.29 is 24.3 Å². The van der Waals surface area contributed by atoms with Crippen molar-refractivity contribution >= 4 is 23.8 Å². The minimum absolute atomic E-state index is 0.0914. The molecule has 0 aromatic heterocycles. The average Bonchev–Trinajstić information content (AvgIpc) is 2.21. The molecule has 102 valence electrons. The van der Waals surface area contributed by atoms with E-state index in [1.165, 1.54) is 0 Å². The molecule has 6 N–H and O–H groups in total. The first-order chi connectivity index (χ1) is 8.32. The molecule has 0 aliphatic rings. The molecule has 0 spiro atoms. The fourth-order valence-electron chi connectivity index (χ4n) is 1.12. The molecule has 18 heavy (non-hydrogen) atoms. The summed E-state index contributed by atoms with van der Waals surface area (Å²) < 4.78 is 0. The first-order valence-electron chi connectivity index (χ1n) is 5.14. The van der Waals surface area contributed by atoms with Gasteiger partial charge in [0.25, 0.3) is 0 Å². The van der Waals surface area contributed by atoms with Crippen molar-refractivity contribution in [1.82, 2.24) is 10.2 Å². The van der Waals surface area contributed by atoms with Crippen molar-refractivity contribution in [2.75, 3.05) is 19.6 Å². The van der Waals surface area contributed by atoms with Crippen LogP contribution in [-0.4, -0.2) is 53.5 Å². The van der Waals surface area contributed by atoms with E-state index in [1.807, 2.05) is 0 Å². The molecule has 9 nitrogen and oxygen atoms in total. The van der Waals surface area contributed by atoms with Crippen LogP contribution >= 0.6 is 0 Å². The monoisotopic (exact) mass is 260 g/mol. The third kappa shape index (κ3) is 7.91. The Balaban J connectivity index is 4.16. The van der Waals surface area contributed by atoms with Crippen molar-refractivity contribution in [2.24, 2.45) is 11.5 Å². The molecule has 0 unspecified atom stereocenters. The van der Waals surface area contributed by atoms with Gasteiger partial charge in [-0.05, 0) is 6.42 Å². The van der Waals surface area contributed by atoms with Crippen LogP contribution < -0.4 is 16.8 Å². The quantitative estimate of drug-likeness (QED) is 0.365. The fourth-order valence-corrected chi connectivity index (χ4v) is 1.12. The van der Waals surface area contributed by atoms with Gasteiger partial charge >= 0.3 is 12.0 Å². The van der Waals surface area contributed by atoms with E-state index in [0.29, 0.717) is 0 Å². The number of nitrogens with one attached hydrogen (secondary N) is 1. The number of carbonyl (C=O) groups excluding carboxylic acids is 3. The zero-order valence-corrected chi connectivity index (χ0v) is 9.72. The van der Waals surface area contributed by atoms with Gasteiger partial charge in [-0.1, -0.05) is 0 Å². The van der Waals surface area contributed by atoms with Crippen molar-refractivity contribution in [2.45, 2.75) is 12.8 Å². The van der Waals surface area contributed by atoms with Gasteiger partial charge in [-0.15, -0.1) is 0 Å². The molecular formula is C9H16N4O5. The van der Waals surface area contributed by atoms with Crippen LogP contribution in [0.4, 0.5) is 4.79 Å². The number of carboxylic acid groups (broad SMARTS) is 1. The Hall–Kier alpha value is -2.32. The van der Waals surface area contributed by atoms with Gasteiger partial charge in [0, 0.05) is 13.0 Å². The number of amides is 4. The largest absolute Gasteiger partial charge is 0.481 e. The number of urea groups is 1. The number of hydrogen-bond donors (Lipinski definition) is 4. The maximum Gasteiger partial charge on any atom is 0.318 e. The van der Waals surface area contributed by atoms with Crippen molar-refractivity contribution in [1.29, 1.82) is 0 Å². The summed E-state index contributed by atoms with van der Waals surface area (Å²) in [6.07, 6.45) is 0.147. The average molecular weight is 260 g/mol. The van der Waals surface area contributed by atoms with Gasteiger partial charge in [0.2, 0.25) is 11.8 Å². The Labute approximate surface area is 103 Å². The summed E-state index contributed by atoms with van der Waals surface area (Å²) in [4.78, 5) is 44.0. The molecule has 0 heterocycles. The van der Waals surface area contributed by atoms with Crippen LogP contribution in [0.1, 0.15) is 12.8 Å². The highest BCUT2D eigenvalue weighted by Crippen LogP contribution is 1.91. The predicted molar refractivity (Wildman–Crippen MR) is 60.2 cm³/mol. The van der Waals surface area contributed by atoms with Gasteiger partial charge in [-0.25, -0.2) is 4.79 Å². The third-order valence-electron chi connectivity index (χ3n) is 1.82. The number of primary amides is 2. The van der Waals surface area contributed by atoms with Crippen LogP contribution in [0.2, 0.25) is 0 Å². The zero-order chi connectivity index (χ0) is 14.1. The van der Waals surface area contributed by atoms with E-state index in [0.717, 1.165) is 4.90 Å². The lowest BCUT2D eigenvalue weighted by Crippen LogP contribution is -2.48. The molecule has 0 saturated carbocycles. The number of carboxylic acids is 1. The molecule has 0 rings (SSSR count). The molecular weight excluding hydrogens is 244 g/mol. The summed E-state index contributed by atoms with van der Waals surface area (Å²) in [5.74, 6) is -2.54. The first kappa shape index (κ1) is 15.7. The van der Waals surface area contributed by atoms with Gasteiger partial charge in [-0.2, -0.15) is 0 Å². The van der Waals surface area contributed by atoms with Gasteiger partial charge in [-0.3, -0.25) is 14.4 Å². The molecule has 0 fully saturated rings. The lowest BCUT2D eigenvalue weighted by molar-refractivity contribution is -0.137. The fraction of sp³-hybridized carbons (Fsp3) is 0.556. The van der Waals surface area contributed by atoms with Crippen molar-refractivity contribution in [3.05, 3.63) is 0 Å².